The molecule has 4 nitrogen and oxygen atoms in total. The van der Waals surface area contributed by atoms with Crippen molar-refractivity contribution >= 4 is 6.09 Å². The van der Waals surface area contributed by atoms with Gasteiger partial charge in [-0.05, 0) is 57.3 Å². The Morgan fingerprint density at radius 3 is 2.47 bits per heavy atom. The summed E-state index contributed by atoms with van der Waals surface area (Å²) < 4.78 is 5.47. The van der Waals surface area contributed by atoms with Gasteiger partial charge >= 0.3 is 6.09 Å². The monoisotopic (exact) mass is 267 g/mol. The van der Waals surface area contributed by atoms with Crippen molar-refractivity contribution in [1.82, 2.24) is 4.90 Å². The molecule has 3 rings (SSSR count). The van der Waals surface area contributed by atoms with Gasteiger partial charge < -0.3 is 14.7 Å². The molecular weight excluding hydrogens is 242 g/mol. The topological polar surface area (TPSA) is 49.8 Å². The summed E-state index contributed by atoms with van der Waals surface area (Å²) in [4.78, 5) is 14.0. The predicted octanol–water partition coefficient (Wildman–Crippen LogP) is 2.55. The Hall–Kier alpha value is -0.770. The van der Waals surface area contributed by atoms with Crippen LogP contribution in [0.1, 0.15) is 52.9 Å². The number of aliphatic hydroxyl groups is 1. The first-order chi connectivity index (χ1) is 8.81. The molecule has 108 valence electrons. The zero-order valence-corrected chi connectivity index (χ0v) is 12.2. The van der Waals surface area contributed by atoms with Gasteiger partial charge in [0.15, 0.2) is 0 Å². The lowest BCUT2D eigenvalue weighted by atomic mass is 9.74. The van der Waals surface area contributed by atoms with Crippen LogP contribution in [0.4, 0.5) is 4.79 Å². The van der Waals surface area contributed by atoms with Crippen molar-refractivity contribution in [2.24, 2.45) is 10.8 Å². The maximum atomic E-state index is 12.3. The van der Waals surface area contributed by atoms with Gasteiger partial charge in [0, 0.05) is 6.54 Å². The molecule has 2 aliphatic carbocycles. The van der Waals surface area contributed by atoms with E-state index in [0.29, 0.717) is 10.8 Å². The van der Waals surface area contributed by atoms with Crippen LogP contribution in [0, 0.1) is 10.8 Å². The number of carbonyl (C=O) groups is 1. The second kappa shape index (κ2) is 3.87. The summed E-state index contributed by atoms with van der Waals surface area (Å²) in [5.74, 6) is 0. The Labute approximate surface area is 115 Å². The molecule has 2 atom stereocenters. The largest absolute Gasteiger partial charge is 0.444 e. The third-order valence-electron chi connectivity index (χ3n) is 5.37. The first kappa shape index (κ1) is 13.2. The van der Waals surface area contributed by atoms with Crippen LogP contribution in [0.2, 0.25) is 0 Å². The molecule has 0 aromatic rings. The minimum Gasteiger partial charge on any atom is -0.444 e. The number of ether oxygens (including phenoxy) is 1. The number of aliphatic hydroxyl groups excluding tert-OH is 1. The molecule has 4 heteroatoms. The zero-order valence-electron chi connectivity index (χ0n) is 12.2. The molecule has 0 radical (unpaired) electrons. The van der Waals surface area contributed by atoms with Crippen LogP contribution in [0.25, 0.3) is 0 Å². The summed E-state index contributed by atoms with van der Waals surface area (Å²) >= 11 is 0. The molecule has 1 heterocycles. The summed E-state index contributed by atoms with van der Waals surface area (Å²) in [6.45, 7) is 6.49. The Bertz CT molecular complexity index is 397. The molecular formula is C15H25NO3. The number of likely N-dealkylation sites (tertiary alicyclic amines) is 1. The lowest BCUT2D eigenvalue weighted by molar-refractivity contribution is 0.0166. The van der Waals surface area contributed by atoms with E-state index in [1.807, 2.05) is 20.8 Å². The van der Waals surface area contributed by atoms with Crippen LogP contribution in [0.15, 0.2) is 0 Å². The second-order valence-corrected chi connectivity index (χ2v) is 7.74. The van der Waals surface area contributed by atoms with Crippen molar-refractivity contribution in [2.75, 3.05) is 13.2 Å². The Kier molecular flexibility index (Phi) is 2.70. The van der Waals surface area contributed by atoms with E-state index in [4.69, 9.17) is 4.74 Å². The number of rotatable bonds is 1. The minimum atomic E-state index is -0.468. The van der Waals surface area contributed by atoms with E-state index >= 15 is 0 Å². The molecule has 0 bridgehead atoms. The van der Waals surface area contributed by atoms with E-state index in [0.717, 1.165) is 13.0 Å². The molecule has 2 spiro atoms. The highest BCUT2D eigenvalue weighted by Crippen LogP contribution is 2.77. The molecule has 1 N–H and O–H groups in total. The highest BCUT2D eigenvalue weighted by Gasteiger charge is 2.72. The van der Waals surface area contributed by atoms with Crippen LogP contribution in [0.3, 0.4) is 0 Å². The number of carbonyl (C=O) groups excluding carboxylic acids is 1. The van der Waals surface area contributed by atoms with E-state index < -0.39 is 5.60 Å². The summed E-state index contributed by atoms with van der Waals surface area (Å²) in [5.41, 5.74) is 0.345. The molecule has 0 aromatic carbocycles. The van der Waals surface area contributed by atoms with Crippen molar-refractivity contribution in [3.63, 3.8) is 0 Å². The van der Waals surface area contributed by atoms with Gasteiger partial charge in [0.25, 0.3) is 0 Å². The van der Waals surface area contributed by atoms with Crippen molar-refractivity contribution in [3.05, 3.63) is 0 Å². The number of hydrogen-bond donors (Lipinski definition) is 1. The maximum Gasteiger partial charge on any atom is 0.410 e. The normalized spacial score (nSPS) is 35.6. The second-order valence-electron chi connectivity index (χ2n) is 7.74. The molecule has 3 aliphatic rings. The maximum absolute atomic E-state index is 12.3. The summed E-state index contributed by atoms with van der Waals surface area (Å²) in [7, 11) is 0. The van der Waals surface area contributed by atoms with E-state index in [9.17, 15) is 9.90 Å². The van der Waals surface area contributed by atoms with E-state index in [2.05, 4.69) is 0 Å². The Balaban J connectivity index is 1.70. The third-order valence-corrected chi connectivity index (χ3v) is 5.37. The fourth-order valence-corrected chi connectivity index (χ4v) is 4.20. The molecule has 2 saturated carbocycles. The number of amides is 1. The average Bonchev–Trinajstić information content (AvgIpc) is 2.72. The smallest absolute Gasteiger partial charge is 0.410 e. The molecule has 19 heavy (non-hydrogen) atoms. The van der Waals surface area contributed by atoms with Crippen molar-refractivity contribution in [3.8, 4) is 0 Å². The van der Waals surface area contributed by atoms with E-state index in [1.54, 1.807) is 4.90 Å². The van der Waals surface area contributed by atoms with Gasteiger partial charge in [-0.1, -0.05) is 6.42 Å². The van der Waals surface area contributed by atoms with E-state index in [-0.39, 0.29) is 18.7 Å². The first-order valence-electron chi connectivity index (χ1n) is 7.41. The van der Waals surface area contributed by atoms with Crippen LogP contribution in [0.5, 0.6) is 0 Å². The number of hydrogen-bond acceptors (Lipinski definition) is 3. The number of nitrogens with zero attached hydrogens (tertiary/aromatic N) is 1. The molecule has 1 saturated heterocycles. The standard InChI is InChI=1S/C15H25NO3/c1-13(2,3)19-12(18)16-10-15(7-11(16)8-17)9-14(15)5-4-6-14/h11,17H,4-10H2,1-3H3/t11-,15?/m0/s1. The SMILES string of the molecule is CC(C)(C)OC(=O)N1CC2(C[C@H]1CO)CC21CCC1. The molecule has 1 aliphatic heterocycles. The Morgan fingerprint density at radius 2 is 2.05 bits per heavy atom. The van der Waals surface area contributed by atoms with Crippen LogP contribution in [-0.4, -0.2) is 40.9 Å². The fraction of sp³-hybridized carbons (Fsp3) is 0.933. The van der Waals surface area contributed by atoms with Gasteiger partial charge in [-0.3, -0.25) is 0 Å². The van der Waals surface area contributed by atoms with Gasteiger partial charge in [0.1, 0.15) is 5.60 Å². The minimum absolute atomic E-state index is 0.0465. The zero-order chi connectivity index (χ0) is 13.9. The van der Waals surface area contributed by atoms with Crippen LogP contribution >= 0.6 is 0 Å². The van der Waals surface area contributed by atoms with E-state index in [1.165, 1.54) is 25.7 Å². The predicted molar refractivity (Wildman–Crippen MR) is 71.8 cm³/mol. The fourth-order valence-electron chi connectivity index (χ4n) is 4.20. The third kappa shape index (κ3) is 1.95. The van der Waals surface area contributed by atoms with Gasteiger partial charge in [0.2, 0.25) is 0 Å². The van der Waals surface area contributed by atoms with Gasteiger partial charge in [0.05, 0.1) is 12.6 Å². The highest BCUT2D eigenvalue weighted by molar-refractivity contribution is 5.69. The van der Waals surface area contributed by atoms with Crippen molar-refractivity contribution in [1.29, 1.82) is 0 Å². The van der Waals surface area contributed by atoms with Crippen LogP contribution in [-0.2, 0) is 4.74 Å². The average molecular weight is 267 g/mol. The molecule has 1 amide bonds. The summed E-state index contributed by atoms with van der Waals surface area (Å²) in [5, 5.41) is 9.56. The first-order valence-corrected chi connectivity index (χ1v) is 7.41. The lowest BCUT2D eigenvalue weighted by Gasteiger charge is -2.31. The van der Waals surface area contributed by atoms with Crippen LogP contribution < -0.4 is 0 Å². The molecule has 1 unspecified atom stereocenters. The number of fused-ring (bicyclic) bond motifs is 1. The molecule has 0 aromatic heterocycles. The highest BCUT2D eigenvalue weighted by atomic mass is 16.6. The van der Waals surface area contributed by atoms with Gasteiger partial charge in [-0.2, -0.15) is 0 Å². The quantitative estimate of drug-likeness (QED) is 0.794. The summed E-state index contributed by atoms with van der Waals surface area (Å²) in [6, 6.07) is -0.0465. The molecule has 3 fully saturated rings. The lowest BCUT2D eigenvalue weighted by Crippen LogP contribution is -2.41. The van der Waals surface area contributed by atoms with Crippen molar-refractivity contribution < 1.29 is 14.6 Å². The summed E-state index contributed by atoms with van der Waals surface area (Å²) in [6.07, 6.45) is 5.90. The van der Waals surface area contributed by atoms with Gasteiger partial charge in [-0.25, -0.2) is 4.79 Å². The Morgan fingerprint density at radius 1 is 1.37 bits per heavy atom. The van der Waals surface area contributed by atoms with Crippen molar-refractivity contribution in [2.45, 2.75) is 64.5 Å². The van der Waals surface area contributed by atoms with Gasteiger partial charge in [-0.15, -0.1) is 0 Å².